The molecule has 1 atom stereocenters. The molecular weight excluding hydrogens is 338 g/mol. The number of hydrogen-bond acceptors (Lipinski definition) is 3. The maximum absolute atomic E-state index is 12.7. The Hall–Kier alpha value is -2.66. The highest BCUT2D eigenvalue weighted by Crippen LogP contribution is 2.28. The molecule has 0 saturated carbocycles. The maximum atomic E-state index is 12.7. The third-order valence-corrected chi connectivity index (χ3v) is 4.98. The summed E-state index contributed by atoms with van der Waals surface area (Å²) < 4.78 is 0. The van der Waals surface area contributed by atoms with Gasteiger partial charge in [0.15, 0.2) is 0 Å². The second-order valence-corrected chi connectivity index (χ2v) is 8.13. The van der Waals surface area contributed by atoms with Crippen molar-refractivity contribution in [3.05, 3.63) is 59.7 Å². The SMILES string of the molecule is CC(C)(C)[C@H](N)C(=O)Nc1ccc(CC(=O)N2CCc3ccccc32)cc1. The first-order valence-corrected chi connectivity index (χ1v) is 9.29. The van der Waals surface area contributed by atoms with Gasteiger partial charge in [0.1, 0.15) is 0 Å². The van der Waals surface area contributed by atoms with E-state index in [-0.39, 0.29) is 17.2 Å². The summed E-state index contributed by atoms with van der Waals surface area (Å²) >= 11 is 0. The maximum Gasteiger partial charge on any atom is 0.241 e. The molecular formula is C22H27N3O2. The van der Waals surface area contributed by atoms with Crippen LogP contribution in [-0.2, 0) is 22.4 Å². The molecule has 27 heavy (non-hydrogen) atoms. The topological polar surface area (TPSA) is 75.4 Å². The summed E-state index contributed by atoms with van der Waals surface area (Å²) in [6.45, 7) is 6.53. The first kappa shape index (κ1) is 19.1. The summed E-state index contributed by atoms with van der Waals surface area (Å²) in [6, 6.07) is 14.8. The molecule has 0 saturated heterocycles. The minimum atomic E-state index is -0.589. The molecule has 0 aromatic heterocycles. The molecule has 2 amide bonds. The molecule has 3 N–H and O–H groups in total. The molecule has 1 heterocycles. The van der Waals surface area contributed by atoms with Crippen molar-refractivity contribution in [2.24, 2.45) is 11.1 Å². The molecule has 0 unspecified atom stereocenters. The van der Waals surface area contributed by atoms with Gasteiger partial charge in [-0.05, 0) is 41.2 Å². The van der Waals surface area contributed by atoms with Gasteiger partial charge in [0, 0.05) is 17.9 Å². The Kier molecular flexibility index (Phi) is 5.33. The van der Waals surface area contributed by atoms with Crippen molar-refractivity contribution < 1.29 is 9.59 Å². The standard InChI is InChI=1S/C22H27N3O2/c1-22(2,3)20(23)21(27)24-17-10-8-15(9-11-17)14-19(26)25-13-12-16-6-4-5-7-18(16)25/h4-11,20H,12-14,23H2,1-3H3,(H,24,27)/t20-/m1/s1. The van der Waals surface area contributed by atoms with Gasteiger partial charge in [0.25, 0.3) is 0 Å². The fourth-order valence-electron chi connectivity index (χ4n) is 3.19. The van der Waals surface area contributed by atoms with Crippen LogP contribution in [0.15, 0.2) is 48.5 Å². The minimum absolute atomic E-state index is 0.0893. The van der Waals surface area contributed by atoms with E-state index in [9.17, 15) is 9.59 Å². The minimum Gasteiger partial charge on any atom is -0.325 e. The largest absolute Gasteiger partial charge is 0.325 e. The molecule has 0 fully saturated rings. The van der Waals surface area contributed by atoms with Crippen LogP contribution in [0.1, 0.15) is 31.9 Å². The summed E-state index contributed by atoms with van der Waals surface area (Å²) in [7, 11) is 0. The van der Waals surface area contributed by atoms with Crippen molar-refractivity contribution >= 4 is 23.2 Å². The van der Waals surface area contributed by atoms with Gasteiger partial charge >= 0.3 is 0 Å². The Bertz CT molecular complexity index is 837. The molecule has 2 aromatic rings. The number of benzene rings is 2. The molecule has 5 nitrogen and oxygen atoms in total. The average molecular weight is 365 g/mol. The second-order valence-electron chi connectivity index (χ2n) is 8.13. The first-order valence-electron chi connectivity index (χ1n) is 9.29. The molecule has 2 aromatic carbocycles. The van der Waals surface area contributed by atoms with Crippen molar-refractivity contribution in [3.8, 4) is 0 Å². The zero-order chi connectivity index (χ0) is 19.6. The van der Waals surface area contributed by atoms with Crippen LogP contribution in [0.4, 0.5) is 11.4 Å². The van der Waals surface area contributed by atoms with Crippen molar-refractivity contribution in [1.82, 2.24) is 0 Å². The summed E-state index contributed by atoms with van der Waals surface area (Å²) in [6.07, 6.45) is 1.24. The van der Waals surface area contributed by atoms with E-state index in [0.29, 0.717) is 12.1 Å². The Morgan fingerprint density at radius 3 is 2.44 bits per heavy atom. The van der Waals surface area contributed by atoms with Crippen LogP contribution in [0.2, 0.25) is 0 Å². The number of hydrogen-bond donors (Lipinski definition) is 2. The molecule has 5 heteroatoms. The molecule has 0 radical (unpaired) electrons. The van der Waals surface area contributed by atoms with Gasteiger partial charge in [-0.25, -0.2) is 0 Å². The number of para-hydroxylation sites is 1. The van der Waals surface area contributed by atoms with Crippen molar-refractivity contribution in [1.29, 1.82) is 0 Å². The van der Waals surface area contributed by atoms with Crippen LogP contribution in [0, 0.1) is 5.41 Å². The second kappa shape index (κ2) is 7.53. The van der Waals surface area contributed by atoms with E-state index in [1.54, 1.807) is 0 Å². The first-order chi connectivity index (χ1) is 12.8. The Labute approximate surface area is 160 Å². The molecule has 3 rings (SSSR count). The van der Waals surface area contributed by atoms with Crippen LogP contribution >= 0.6 is 0 Å². The van der Waals surface area contributed by atoms with E-state index in [4.69, 9.17) is 5.73 Å². The lowest BCUT2D eigenvalue weighted by Gasteiger charge is -2.25. The molecule has 142 valence electrons. The normalized spacial score (nSPS) is 14.6. The van der Waals surface area contributed by atoms with Crippen LogP contribution < -0.4 is 16.0 Å². The quantitative estimate of drug-likeness (QED) is 0.874. The van der Waals surface area contributed by atoms with Crippen LogP contribution in [0.3, 0.4) is 0 Å². The van der Waals surface area contributed by atoms with Gasteiger partial charge in [0.05, 0.1) is 12.5 Å². The van der Waals surface area contributed by atoms with Crippen molar-refractivity contribution in [2.75, 3.05) is 16.8 Å². The van der Waals surface area contributed by atoms with Gasteiger partial charge in [-0.15, -0.1) is 0 Å². The van der Waals surface area contributed by atoms with Gasteiger partial charge in [-0.2, -0.15) is 0 Å². The van der Waals surface area contributed by atoms with Crippen LogP contribution in [0.25, 0.3) is 0 Å². The van der Waals surface area contributed by atoms with E-state index < -0.39 is 6.04 Å². The third-order valence-electron chi connectivity index (χ3n) is 4.98. The van der Waals surface area contributed by atoms with E-state index in [2.05, 4.69) is 11.4 Å². The summed E-state index contributed by atoms with van der Waals surface area (Å²) in [5, 5.41) is 2.84. The number of carbonyl (C=O) groups excluding carboxylic acids is 2. The Balaban J connectivity index is 1.61. The number of anilines is 2. The van der Waals surface area contributed by atoms with E-state index in [1.165, 1.54) is 5.56 Å². The summed E-state index contributed by atoms with van der Waals surface area (Å²) in [4.78, 5) is 26.7. The number of nitrogens with two attached hydrogens (primary N) is 1. The van der Waals surface area contributed by atoms with Crippen LogP contribution in [0.5, 0.6) is 0 Å². The van der Waals surface area contributed by atoms with E-state index >= 15 is 0 Å². The van der Waals surface area contributed by atoms with Crippen molar-refractivity contribution in [3.63, 3.8) is 0 Å². The lowest BCUT2D eigenvalue weighted by molar-refractivity contribution is -0.119. The lowest BCUT2D eigenvalue weighted by Crippen LogP contribution is -2.45. The number of amides is 2. The lowest BCUT2D eigenvalue weighted by atomic mass is 9.87. The predicted molar refractivity (Wildman–Crippen MR) is 109 cm³/mol. The fourth-order valence-corrected chi connectivity index (χ4v) is 3.19. The smallest absolute Gasteiger partial charge is 0.241 e. The zero-order valence-corrected chi connectivity index (χ0v) is 16.2. The van der Waals surface area contributed by atoms with Crippen LogP contribution in [-0.4, -0.2) is 24.4 Å². The van der Waals surface area contributed by atoms with Gasteiger partial charge in [-0.1, -0.05) is 51.1 Å². The number of nitrogens with zero attached hydrogens (tertiary/aromatic N) is 1. The number of nitrogens with one attached hydrogen (secondary N) is 1. The Morgan fingerprint density at radius 2 is 1.78 bits per heavy atom. The van der Waals surface area contributed by atoms with Gasteiger partial charge in [-0.3, -0.25) is 9.59 Å². The number of fused-ring (bicyclic) bond motifs is 1. The summed E-state index contributed by atoms with van der Waals surface area (Å²) in [5.74, 6) is -0.119. The van der Waals surface area contributed by atoms with Gasteiger partial charge < -0.3 is 16.0 Å². The third kappa shape index (κ3) is 4.37. The zero-order valence-electron chi connectivity index (χ0n) is 16.2. The predicted octanol–water partition coefficient (Wildman–Crippen LogP) is 3.13. The Morgan fingerprint density at radius 1 is 1.11 bits per heavy atom. The van der Waals surface area contributed by atoms with E-state index in [1.807, 2.05) is 68.1 Å². The van der Waals surface area contributed by atoms with Crippen molar-refractivity contribution in [2.45, 2.75) is 39.7 Å². The molecule has 1 aliphatic rings. The average Bonchev–Trinajstić information content (AvgIpc) is 3.06. The number of carbonyl (C=O) groups is 2. The highest BCUT2D eigenvalue weighted by atomic mass is 16.2. The highest BCUT2D eigenvalue weighted by molar-refractivity contribution is 5.97. The molecule has 0 bridgehead atoms. The summed E-state index contributed by atoms with van der Waals surface area (Å²) in [5.41, 5.74) is 9.52. The highest BCUT2D eigenvalue weighted by Gasteiger charge is 2.27. The molecule has 1 aliphatic heterocycles. The fraction of sp³-hybridized carbons (Fsp3) is 0.364. The molecule has 0 aliphatic carbocycles. The molecule has 0 spiro atoms. The monoisotopic (exact) mass is 365 g/mol. The van der Waals surface area contributed by atoms with E-state index in [0.717, 1.165) is 24.2 Å². The van der Waals surface area contributed by atoms with Gasteiger partial charge in [0.2, 0.25) is 11.8 Å². The number of rotatable bonds is 4.